The highest BCUT2D eigenvalue weighted by Crippen LogP contribution is 2.27. The van der Waals surface area contributed by atoms with Crippen LogP contribution in [-0.4, -0.2) is 5.11 Å². The van der Waals surface area contributed by atoms with E-state index >= 15 is 0 Å². The van der Waals surface area contributed by atoms with E-state index in [1.165, 1.54) is 0 Å². The van der Waals surface area contributed by atoms with Crippen LogP contribution in [0.3, 0.4) is 0 Å². The van der Waals surface area contributed by atoms with Crippen molar-refractivity contribution >= 4 is 5.69 Å². The van der Waals surface area contributed by atoms with Crippen LogP contribution in [0.15, 0.2) is 42.5 Å². The summed E-state index contributed by atoms with van der Waals surface area (Å²) in [6.45, 7) is 2.03. The number of rotatable bonds is 1. The van der Waals surface area contributed by atoms with Crippen molar-refractivity contribution in [3.8, 4) is 16.9 Å². The van der Waals surface area contributed by atoms with Crippen LogP contribution in [0.2, 0.25) is 0 Å². The highest BCUT2D eigenvalue weighted by Gasteiger charge is 2.02. The topological polar surface area (TPSA) is 46.2 Å². The highest BCUT2D eigenvalue weighted by atomic mass is 16.3. The summed E-state index contributed by atoms with van der Waals surface area (Å²) in [5.74, 6) is 0.273. The number of nitrogens with two attached hydrogens (primary N) is 1. The molecular weight excluding hydrogens is 186 g/mol. The Morgan fingerprint density at radius 3 is 2.60 bits per heavy atom. The van der Waals surface area contributed by atoms with Crippen molar-refractivity contribution in [2.24, 2.45) is 0 Å². The third-order valence-corrected chi connectivity index (χ3v) is 2.42. The predicted octanol–water partition coefficient (Wildman–Crippen LogP) is 2.95. The fraction of sp³-hybridized carbons (Fsp3) is 0.0769. The molecule has 2 nitrogen and oxygen atoms in total. The van der Waals surface area contributed by atoms with E-state index in [1.54, 1.807) is 12.1 Å². The van der Waals surface area contributed by atoms with E-state index in [1.807, 2.05) is 37.3 Å². The molecule has 0 bridgehead atoms. The summed E-state index contributed by atoms with van der Waals surface area (Å²) in [7, 11) is 0. The number of phenolic OH excluding ortho intramolecular Hbond substituents is 1. The molecule has 0 unspecified atom stereocenters. The lowest BCUT2D eigenvalue weighted by Crippen LogP contribution is -1.88. The molecule has 0 amide bonds. The first-order valence-electron chi connectivity index (χ1n) is 4.82. The molecule has 0 saturated carbocycles. The zero-order chi connectivity index (χ0) is 10.8. The van der Waals surface area contributed by atoms with Crippen LogP contribution in [0.1, 0.15) is 5.56 Å². The quantitative estimate of drug-likeness (QED) is 0.693. The number of aryl methyl sites for hydroxylation is 1. The van der Waals surface area contributed by atoms with Gasteiger partial charge in [-0.1, -0.05) is 18.2 Å². The summed E-state index contributed by atoms with van der Waals surface area (Å²) >= 11 is 0. The van der Waals surface area contributed by atoms with Crippen LogP contribution in [-0.2, 0) is 0 Å². The van der Waals surface area contributed by atoms with Crippen LogP contribution in [0.4, 0.5) is 5.69 Å². The van der Waals surface area contributed by atoms with E-state index < -0.39 is 0 Å². The summed E-state index contributed by atoms with van der Waals surface area (Å²) in [5, 5.41) is 9.40. The largest absolute Gasteiger partial charge is 0.508 e. The lowest BCUT2D eigenvalue weighted by molar-refractivity contribution is 0.475. The van der Waals surface area contributed by atoms with Crippen molar-refractivity contribution in [1.82, 2.24) is 0 Å². The Bertz CT molecular complexity index is 492. The molecule has 0 heterocycles. The van der Waals surface area contributed by atoms with Gasteiger partial charge in [-0.2, -0.15) is 0 Å². The smallest absolute Gasteiger partial charge is 0.116 e. The fourth-order valence-electron chi connectivity index (χ4n) is 1.62. The van der Waals surface area contributed by atoms with E-state index in [2.05, 4.69) is 0 Å². The first-order valence-corrected chi connectivity index (χ1v) is 4.82. The van der Waals surface area contributed by atoms with E-state index in [4.69, 9.17) is 5.73 Å². The second-order valence-corrected chi connectivity index (χ2v) is 3.62. The molecule has 76 valence electrons. The number of hydrogen-bond acceptors (Lipinski definition) is 2. The second kappa shape index (κ2) is 3.65. The van der Waals surface area contributed by atoms with Gasteiger partial charge in [0.15, 0.2) is 0 Å². The van der Waals surface area contributed by atoms with Crippen LogP contribution in [0.25, 0.3) is 11.1 Å². The Kier molecular flexibility index (Phi) is 2.34. The van der Waals surface area contributed by atoms with Crippen molar-refractivity contribution in [3.63, 3.8) is 0 Å². The van der Waals surface area contributed by atoms with Crippen molar-refractivity contribution in [3.05, 3.63) is 48.0 Å². The van der Waals surface area contributed by atoms with Crippen LogP contribution < -0.4 is 5.73 Å². The Morgan fingerprint density at radius 1 is 1.07 bits per heavy atom. The van der Waals surface area contributed by atoms with Gasteiger partial charge in [0.25, 0.3) is 0 Å². The minimum Gasteiger partial charge on any atom is -0.508 e. The van der Waals surface area contributed by atoms with Gasteiger partial charge < -0.3 is 10.8 Å². The van der Waals surface area contributed by atoms with Gasteiger partial charge in [0.05, 0.1) is 0 Å². The second-order valence-electron chi connectivity index (χ2n) is 3.62. The van der Waals surface area contributed by atoms with Gasteiger partial charge in [-0.05, 0) is 47.9 Å². The van der Waals surface area contributed by atoms with Crippen LogP contribution in [0.5, 0.6) is 5.75 Å². The van der Waals surface area contributed by atoms with E-state index in [9.17, 15) is 5.11 Å². The molecule has 0 fully saturated rings. The van der Waals surface area contributed by atoms with Gasteiger partial charge >= 0.3 is 0 Å². The molecular formula is C13H13NO. The fourth-order valence-corrected chi connectivity index (χ4v) is 1.62. The molecule has 2 rings (SSSR count). The van der Waals surface area contributed by atoms with Gasteiger partial charge in [-0.25, -0.2) is 0 Å². The zero-order valence-electron chi connectivity index (χ0n) is 8.57. The molecule has 2 aromatic carbocycles. The maximum absolute atomic E-state index is 9.40. The highest BCUT2D eigenvalue weighted by molar-refractivity contribution is 5.71. The molecule has 0 spiro atoms. The summed E-state index contributed by atoms with van der Waals surface area (Å²) in [4.78, 5) is 0. The van der Waals surface area contributed by atoms with E-state index in [-0.39, 0.29) is 5.75 Å². The molecule has 2 aromatic rings. The van der Waals surface area contributed by atoms with Gasteiger partial charge in [0.1, 0.15) is 5.75 Å². The number of benzene rings is 2. The predicted molar refractivity (Wildman–Crippen MR) is 62.7 cm³/mol. The molecule has 0 radical (unpaired) electrons. The molecule has 0 aliphatic carbocycles. The normalized spacial score (nSPS) is 10.2. The molecule has 2 heteroatoms. The average Bonchev–Trinajstić information content (AvgIpc) is 2.22. The summed E-state index contributed by atoms with van der Waals surface area (Å²) < 4.78 is 0. The third-order valence-electron chi connectivity index (χ3n) is 2.42. The standard InChI is InChI=1S/C13H13NO/c1-9-5-6-11(14)8-13(9)10-3-2-4-12(15)7-10/h2-8,15H,14H2,1H3. The van der Waals surface area contributed by atoms with Crippen LogP contribution >= 0.6 is 0 Å². The average molecular weight is 199 g/mol. The number of anilines is 1. The third kappa shape index (κ3) is 1.94. The maximum atomic E-state index is 9.40. The number of phenols is 1. The lowest BCUT2D eigenvalue weighted by atomic mass is 10.00. The Morgan fingerprint density at radius 2 is 1.87 bits per heavy atom. The van der Waals surface area contributed by atoms with Crippen molar-refractivity contribution in [1.29, 1.82) is 0 Å². The Hall–Kier alpha value is -1.96. The molecule has 0 aliphatic heterocycles. The number of hydrogen-bond donors (Lipinski definition) is 2. The molecule has 0 aliphatic rings. The first kappa shape index (κ1) is 9.59. The Balaban J connectivity index is 2.58. The van der Waals surface area contributed by atoms with Gasteiger partial charge in [-0.15, -0.1) is 0 Å². The summed E-state index contributed by atoms with van der Waals surface area (Å²) in [6, 6.07) is 13.0. The summed E-state index contributed by atoms with van der Waals surface area (Å²) in [6.07, 6.45) is 0. The minimum absolute atomic E-state index is 0.273. The molecule has 15 heavy (non-hydrogen) atoms. The van der Waals surface area contributed by atoms with Gasteiger partial charge in [0, 0.05) is 5.69 Å². The zero-order valence-corrected chi connectivity index (χ0v) is 8.57. The van der Waals surface area contributed by atoms with Crippen molar-refractivity contribution in [2.45, 2.75) is 6.92 Å². The lowest BCUT2D eigenvalue weighted by Gasteiger charge is -2.07. The molecule has 0 aromatic heterocycles. The SMILES string of the molecule is Cc1ccc(N)cc1-c1cccc(O)c1. The molecule has 0 saturated heterocycles. The first-order chi connectivity index (χ1) is 7.16. The number of nitrogen functional groups attached to an aromatic ring is 1. The minimum atomic E-state index is 0.273. The maximum Gasteiger partial charge on any atom is 0.116 e. The molecule has 3 N–H and O–H groups in total. The van der Waals surface area contributed by atoms with Crippen LogP contribution in [0, 0.1) is 6.92 Å². The molecule has 0 atom stereocenters. The van der Waals surface area contributed by atoms with Crippen molar-refractivity contribution < 1.29 is 5.11 Å². The monoisotopic (exact) mass is 199 g/mol. The Labute approximate surface area is 89.0 Å². The van der Waals surface area contributed by atoms with E-state index in [0.29, 0.717) is 0 Å². The van der Waals surface area contributed by atoms with Gasteiger partial charge in [-0.3, -0.25) is 0 Å². The van der Waals surface area contributed by atoms with Crippen molar-refractivity contribution in [2.75, 3.05) is 5.73 Å². The number of aromatic hydroxyl groups is 1. The van der Waals surface area contributed by atoms with E-state index in [0.717, 1.165) is 22.4 Å². The summed E-state index contributed by atoms with van der Waals surface area (Å²) in [5.41, 5.74) is 9.67. The van der Waals surface area contributed by atoms with Gasteiger partial charge in [0.2, 0.25) is 0 Å².